The summed E-state index contributed by atoms with van der Waals surface area (Å²) in [5.74, 6) is -0.0232. The van der Waals surface area contributed by atoms with Gasteiger partial charge in [-0.1, -0.05) is 30.4 Å². The molecule has 0 aliphatic heterocycles. The number of hydrogen-bond donors (Lipinski definition) is 1. The van der Waals surface area contributed by atoms with Gasteiger partial charge in [0.15, 0.2) is 0 Å². The molecule has 1 N–H and O–H groups in total. The second-order valence-corrected chi connectivity index (χ2v) is 4.67. The van der Waals surface area contributed by atoms with Crippen molar-refractivity contribution in [3.8, 4) is 0 Å². The Balaban J connectivity index is 3.72. The summed E-state index contributed by atoms with van der Waals surface area (Å²) in [6.45, 7) is 7.90. The van der Waals surface area contributed by atoms with Gasteiger partial charge in [0.1, 0.15) is 0 Å². The maximum atomic E-state index is 11.4. The van der Waals surface area contributed by atoms with E-state index in [4.69, 9.17) is 0 Å². The number of nitrogens with one attached hydrogen (secondary N) is 1. The van der Waals surface area contributed by atoms with E-state index in [1.807, 2.05) is 52.0 Å². The summed E-state index contributed by atoms with van der Waals surface area (Å²) in [4.78, 5) is 11.4. The predicted octanol–water partition coefficient (Wildman–Crippen LogP) is 3.37. The van der Waals surface area contributed by atoms with Crippen LogP contribution >= 0.6 is 0 Å². The van der Waals surface area contributed by atoms with Crippen molar-refractivity contribution in [2.45, 2.75) is 46.1 Å². The highest BCUT2D eigenvalue weighted by molar-refractivity contribution is 5.87. The molecule has 2 nitrogen and oxygen atoms in total. The van der Waals surface area contributed by atoms with E-state index in [0.29, 0.717) is 0 Å². The molecule has 0 aliphatic carbocycles. The summed E-state index contributed by atoms with van der Waals surface area (Å²) in [7, 11) is 0. The van der Waals surface area contributed by atoms with Crippen molar-refractivity contribution in [1.82, 2.24) is 5.32 Å². The van der Waals surface area contributed by atoms with E-state index in [0.717, 1.165) is 12.8 Å². The third kappa shape index (κ3) is 10.8. The molecule has 1 amide bonds. The van der Waals surface area contributed by atoms with Crippen LogP contribution in [0.25, 0.3) is 0 Å². The van der Waals surface area contributed by atoms with Gasteiger partial charge in [-0.3, -0.25) is 4.79 Å². The molecule has 0 fully saturated rings. The summed E-state index contributed by atoms with van der Waals surface area (Å²) in [6.07, 6.45) is 13.5. The fourth-order valence-electron chi connectivity index (χ4n) is 1.08. The van der Waals surface area contributed by atoms with Gasteiger partial charge in [0, 0.05) is 5.54 Å². The van der Waals surface area contributed by atoms with Gasteiger partial charge in [-0.2, -0.15) is 0 Å². The van der Waals surface area contributed by atoms with E-state index in [1.165, 1.54) is 0 Å². The fourth-order valence-corrected chi connectivity index (χ4v) is 1.08. The van der Waals surface area contributed by atoms with E-state index in [1.54, 1.807) is 6.08 Å². The maximum Gasteiger partial charge on any atom is 0.244 e. The quantitative estimate of drug-likeness (QED) is 0.430. The molecule has 2 heteroatoms. The number of carbonyl (C=O) groups excluding carboxylic acids is 1. The summed E-state index contributed by atoms with van der Waals surface area (Å²) < 4.78 is 0. The first kappa shape index (κ1) is 14.7. The Labute approximate surface area is 99.1 Å². The molecule has 0 aromatic carbocycles. The Morgan fingerprint density at radius 2 is 1.75 bits per heavy atom. The summed E-state index contributed by atoms with van der Waals surface area (Å²) in [6, 6.07) is 0. The minimum absolute atomic E-state index is 0.0232. The van der Waals surface area contributed by atoms with Crippen LogP contribution in [0.15, 0.2) is 36.5 Å². The summed E-state index contributed by atoms with van der Waals surface area (Å²) in [5.41, 5.74) is -0.159. The summed E-state index contributed by atoms with van der Waals surface area (Å²) in [5, 5.41) is 2.88. The lowest BCUT2D eigenvalue weighted by molar-refractivity contribution is -0.117. The van der Waals surface area contributed by atoms with E-state index < -0.39 is 0 Å². The number of carbonyl (C=O) groups is 1. The first-order valence-corrected chi connectivity index (χ1v) is 5.72. The maximum absolute atomic E-state index is 11.4. The molecule has 0 rings (SSSR count). The highest BCUT2D eigenvalue weighted by Gasteiger charge is 2.10. The Kier molecular flexibility index (Phi) is 7.27. The predicted molar refractivity (Wildman–Crippen MR) is 70.2 cm³/mol. The lowest BCUT2D eigenvalue weighted by Crippen LogP contribution is -2.39. The van der Waals surface area contributed by atoms with Crippen molar-refractivity contribution in [3.63, 3.8) is 0 Å². The first-order chi connectivity index (χ1) is 7.45. The second kappa shape index (κ2) is 7.91. The van der Waals surface area contributed by atoms with Crippen LogP contribution in [-0.4, -0.2) is 11.4 Å². The van der Waals surface area contributed by atoms with Crippen molar-refractivity contribution in [2.75, 3.05) is 0 Å². The minimum Gasteiger partial charge on any atom is -0.348 e. The highest BCUT2D eigenvalue weighted by Crippen LogP contribution is 1.99. The topological polar surface area (TPSA) is 29.1 Å². The molecule has 0 aromatic rings. The fraction of sp³-hybridized carbons (Fsp3) is 0.500. The third-order valence-electron chi connectivity index (χ3n) is 1.71. The van der Waals surface area contributed by atoms with Gasteiger partial charge in [-0.05, 0) is 46.6 Å². The molecule has 0 heterocycles. The van der Waals surface area contributed by atoms with Crippen molar-refractivity contribution in [1.29, 1.82) is 0 Å². The van der Waals surface area contributed by atoms with Crippen LogP contribution in [0.4, 0.5) is 0 Å². The van der Waals surface area contributed by atoms with Crippen LogP contribution < -0.4 is 5.32 Å². The molecule has 0 saturated carbocycles. The first-order valence-electron chi connectivity index (χ1n) is 5.72. The van der Waals surface area contributed by atoms with Crippen LogP contribution in [0, 0.1) is 0 Å². The Morgan fingerprint density at radius 1 is 1.12 bits per heavy atom. The monoisotopic (exact) mass is 221 g/mol. The van der Waals surface area contributed by atoms with E-state index in [9.17, 15) is 4.79 Å². The van der Waals surface area contributed by atoms with Crippen LogP contribution in [0.2, 0.25) is 0 Å². The summed E-state index contributed by atoms with van der Waals surface area (Å²) >= 11 is 0. The zero-order valence-corrected chi connectivity index (χ0v) is 10.8. The van der Waals surface area contributed by atoms with E-state index >= 15 is 0 Å². The lowest BCUT2D eigenvalue weighted by Gasteiger charge is -2.18. The normalized spacial score (nSPS) is 13.0. The standard InChI is InChI=1S/C14H23NO/c1-5-6-7-8-9-10-11-12-13(16)15-14(2,3)4/h5-8,11-12H,9-10H2,1-4H3,(H,15,16)/b6-5+,8-7-,12-11+. The second-order valence-electron chi connectivity index (χ2n) is 4.67. The van der Waals surface area contributed by atoms with Gasteiger partial charge in [0.2, 0.25) is 5.91 Å². The number of amides is 1. The van der Waals surface area contributed by atoms with Crippen LogP contribution in [0.5, 0.6) is 0 Å². The number of allylic oxidation sites excluding steroid dienone is 5. The molecule has 0 aliphatic rings. The zero-order chi connectivity index (χ0) is 12.4. The number of unbranched alkanes of at least 4 members (excludes halogenated alkanes) is 1. The average molecular weight is 221 g/mol. The molecule has 16 heavy (non-hydrogen) atoms. The Morgan fingerprint density at radius 3 is 2.31 bits per heavy atom. The smallest absolute Gasteiger partial charge is 0.244 e. The van der Waals surface area contributed by atoms with Crippen LogP contribution in [-0.2, 0) is 4.79 Å². The molecule has 0 aromatic heterocycles. The van der Waals surface area contributed by atoms with Crippen LogP contribution in [0.3, 0.4) is 0 Å². The molecule has 0 radical (unpaired) electrons. The Hall–Kier alpha value is -1.31. The molecule has 0 unspecified atom stereocenters. The highest BCUT2D eigenvalue weighted by atomic mass is 16.1. The van der Waals surface area contributed by atoms with Gasteiger partial charge < -0.3 is 5.32 Å². The van der Waals surface area contributed by atoms with E-state index in [-0.39, 0.29) is 11.4 Å². The molecular formula is C14H23NO. The van der Waals surface area contributed by atoms with Crippen molar-refractivity contribution in [3.05, 3.63) is 36.5 Å². The molecule has 0 bridgehead atoms. The SMILES string of the molecule is C/C=C/C=C\CC/C=C/C(=O)NC(C)(C)C. The van der Waals surface area contributed by atoms with Crippen molar-refractivity contribution in [2.24, 2.45) is 0 Å². The zero-order valence-electron chi connectivity index (χ0n) is 10.8. The molecular weight excluding hydrogens is 198 g/mol. The average Bonchev–Trinajstić information content (AvgIpc) is 2.13. The van der Waals surface area contributed by atoms with Gasteiger partial charge in [0.05, 0.1) is 0 Å². The lowest BCUT2D eigenvalue weighted by atomic mass is 10.1. The van der Waals surface area contributed by atoms with Gasteiger partial charge >= 0.3 is 0 Å². The number of hydrogen-bond acceptors (Lipinski definition) is 1. The van der Waals surface area contributed by atoms with Crippen molar-refractivity contribution < 1.29 is 4.79 Å². The van der Waals surface area contributed by atoms with E-state index in [2.05, 4.69) is 11.4 Å². The minimum atomic E-state index is -0.159. The molecule has 0 atom stereocenters. The Bertz CT molecular complexity index is 280. The van der Waals surface area contributed by atoms with Gasteiger partial charge in [0.25, 0.3) is 0 Å². The molecule has 90 valence electrons. The largest absolute Gasteiger partial charge is 0.348 e. The van der Waals surface area contributed by atoms with Crippen molar-refractivity contribution >= 4 is 5.91 Å². The van der Waals surface area contributed by atoms with Gasteiger partial charge in [-0.15, -0.1) is 0 Å². The third-order valence-corrected chi connectivity index (χ3v) is 1.71. The van der Waals surface area contributed by atoms with Gasteiger partial charge in [-0.25, -0.2) is 0 Å². The number of rotatable bonds is 5. The molecule has 0 spiro atoms. The molecule has 0 saturated heterocycles. The van der Waals surface area contributed by atoms with Crippen LogP contribution in [0.1, 0.15) is 40.5 Å².